The van der Waals surface area contributed by atoms with Gasteiger partial charge in [0, 0.05) is 54.3 Å². The zero-order valence-corrected chi connectivity index (χ0v) is 32.4. The van der Waals surface area contributed by atoms with Gasteiger partial charge in [0.2, 0.25) is 0 Å². The van der Waals surface area contributed by atoms with Crippen LogP contribution in [0.2, 0.25) is 0 Å². The van der Waals surface area contributed by atoms with Crippen molar-refractivity contribution in [3.05, 3.63) is 240 Å². The van der Waals surface area contributed by atoms with Crippen LogP contribution in [0.1, 0.15) is 21.6 Å². The van der Waals surface area contributed by atoms with Crippen molar-refractivity contribution < 1.29 is 0 Å². The number of hydrogen-bond donors (Lipinski definition) is 0. The fraction of sp³-hybridized carbons (Fsp3) is 0.0182. The summed E-state index contributed by atoms with van der Waals surface area (Å²) in [6.07, 6.45) is 0. The van der Waals surface area contributed by atoms with Crippen molar-refractivity contribution in [3.8, 4) is 22.3 Å². The van der Waals surface area contributed by atoms with E-state index in [0.29, 0.717) is 0 Å². The number of thiophene rings is 1. The Labute approximate surface area is 342 Å². The maximum absolute atomic E-state index is 2.51. The summed E-state index contributed by atoms with van der Waals surface area (Å²) in [5.41, 5.74) is 15.5. The maximum Gasteiger partial charge on any atom is 0.0820 e. The molecule has 0 radical (unpaired) electrons. The molecule has 0 fully saturated rings. The molecule has 0 aliphatic heterocycles. The highest BCUT2D eigenvalue weighted by Gasteiger charge is 2.54. The summed E-state index contributed by atoms with van der Waals surface area (Å²) < 4.78 is 1.32. The molecule has 2 aliphatic rings. The van der Waals surface area contributed by atoms with Gasteiger partial charge in [-0.1, -0.05) is 146 Å². The molecular weight excluding hydrogens is 721 g/mol. The Bertz CT molecular complexity index is 3140. The molecule has 1 heterocycles. The summed E-state index contributed by atoms with van der Waals surface area (Å²) in [5.74, 6) is 0. The standard InChI is InChI=1S/C55H36N2S/c1-4-19-38(20-5-1)56(39-21-6-2-7-22-39)41-31-33-45-44-26-12-14-28-48(44)55(49(45)35-41)50-36-42(32-34-46(50)53-47-27-13-15-30-52(47)58-54(53)55)57(40-23-8-3-9-24-40)51-29-16-18-37-17-10-11-25-43(37)51/h1-36H. The van der Waals surface area contributed by atoms with Gasteiger partial charge in [0.25, 0.3) is 0 Å². The van der Waals surface area contributed by atoms with Crippen LogP contribution in [0.3, 0.4) is 0 Å². The topological polar surface area (TPSA) is 6.48 Å². The summed E-state index contributed by atoms with van der Waals surface area (Å²) >= 11 is 1.95. The van der Waals surface area contributed by atoms with Crippen molar-refractivity contribution in [2.75, 3.05) is 9.80 Å². The molecular formula is C55H36N2S. The molecule has 2 aliphatic carbocycles. The number of rotatable bonds is 6. The SMILES string of the molecule is c1ccc(N(c2ccccc2)c2ccc3c(c2)C2(c4ccccc4-3)c3cc(N(c4ccccc4)c4cccc5ccccc45)ccc3-c3c2sc2ccccc32)cc1. The van der Waals surface area contributed by atoms with Gasteiger partial charge >= 0.3 is 0 Å². The molecule has 10 aromatic rings. The minimum atomic E-state index is -0.535. The van der Waals surface area contributed by atoms with Gasteiger partial charge in [0.1, 0.15) is 0 Å². The molecule has 1 aromatic heterocycles. The van der Waals surface area contributed by atoms with Gasteiger partial charge < -0.3 is 9.80 Å². The molecule has 3 heteroatoms. The second-order valence-electron chi connectivity index (χ2n) is 15.2. The van der Waals surface area contributed by atoms with Crippen LogP contribution in [0, 0.1) is 0 Å². The van der Waals surface area contributed by atoms with E-state index in [1.807, 2.05) is 11.3 Å². The summed E-state index contributed by atoms with van der Waals surface area (Å²) in [7, 11) is 0. The molecule has 12 rings (SSSR count). The highest BCUT2D eigenvalue weighted by Crippen LogP contribution is 2.67. The first kappa shape index (κ1) is 33.0. The van der Waals surface area contributed by atoms with E-state index in [9.17, 15) is 0 Å². The average molecular weight is 757 g/mol. The van der Waals surface area contributed by atoms with Gasteiger partial charge in [-0.15, -0.1) is 11.3 Å². The first-order valence-electron chi connectivity index (χ1n) is 19.9. The fourth-order valence-electron chi connectivity index (χ4n) is 9.85. The van der Waals surface area contributed by atoms with Crippen LogP contribution >= 0.6 is 11.3 Å². The van der Waals surface area contributed by atoms with E-state index in [4.69, 9.17) is 0 Å². The first-order valence-corrected chi connectivity index (χ1v) is 20.8. The zero-order chi connectivity index (χ0) is 38.2. The molecule has 58 heavy (non-hydrogen) atoms. The Morgan fingerprint density at radius 3 is 1.59 bits per heavy atom. The number of anilines is 6. The molecule has 1 unspecified atom stereocenters. The van der Waals surface area contributed by atoms with Crippen LogP contribution in [0.15, 0.2) is 218 Å². The monoisotopic (exact) mass is 756 g/mol. The molecule has 9 aromatic carbocycles. The minimum absolute atomic E-state index is 0.535. The number of fused-ring (bicyclic) bond motifs is 13. The summed E-state index contributed by atoms with van der Waals surface area (Å²) in [4.78, 5) is 6.24. The van der Waals surface area contributed by atoms with Gasteiger partial charge in [0.05, 0.1) is 11.1 Å². The second kappa shape index (κ2) is 12.9. The van der Waals surface area contributed by atoms with Gasteiger partial charge in [-0.2, -0.15) is 0 Å². The number of benzene rings is 9. The van der Waals surface area contributed by atoms with Crippen LogP contribution in [-0.4, -0.2) is 0 Å². The molecule has 0 N–H and O–H groups in total. The minimum Gasteiger partial charge on any atom is -0.310 e. The Kier molecular flexibility index (Phi) is 7.35. The third kappa shape index (κ3) is 4.71. The predicted molar refractivity (Wildman–Crippen MR) is 245 cm³/mol. The third-order valence-corrected chi connectivity index (χ3v) is 13.5. The second-order valence-corrected chi connectivity index (χ2v) is 16.3. The predicted octanol–water partition coefficient (Wildman–Crippen LogP) is 15.3. The van der Waals surface area contributed by atoms with E-state index in [2.05, 4.69) is 228 Å². The van der Waals surface area contributed by atoms with E-state index < -0.39 is 5.41 Å². The molecule has 1 spiro atoms. The van der Waals surface area contributed by atoms with Gasteiger partial charge in [-0.05, 0) is 112 Å². The third-order valence-electron chi connectivity index (χ3n) is 12.2. The first-order chi connectivity index (χ1) is 28.8. The van der Waals surface area contributed by atoms with Crippen LogP contribution in [-0.2, 0) is 5.41 Å². The Hall–Kier alpha value is -7.20. The van der Waals surface area contributed by atoms with Gasteiger partial charge in [0.15, 0.2) is 0 Å². The largest absolute Gasteiger partial charge is 0.310 e. The van der Waals surface area contributed by atoms with E-state index in [1.54, 1.807) is 0 Å². The summed E-state index contributed by atoms with van der Waals surface area (Å²) in [6, 6.07) is 80.3. The van der Waals surface area contributed by atoms with E-state index >= 15 is 0 Å². The average Bonchev–Trinajstić information content (AvgIpc) is 3.91. The van der Waals surface area contributed by atoms with Crippen LogP contribution in [0.5, 0.6) is 0 Å². The zero-order valence-electron chi connectivity index (χ0n) is 31.6. The van der Waals surface area contributed by atoms with Crippen molar-refractivity contribution in [1.29, 1.82) is 0 Å². The van der Waals surface area contributed by atoms with E-state index in [0.717, 1.165) is 34.1 Å². The smallest absolute Gasteiger partial charge is 0.0820 e. The van der Waals surface area contributed by atoms with E-state index in [-0.39, 0.29) is 0 Å². The summed E-state index contributed by atoms with van der Waals surface area (Å²) in [5, 5.41) is 3.76. The molecule has 2 nitrogen and oxygen atoms in total. The Balaban J connectivity index is 1.17. The Morgan fingerprint density at radius 2 is 0.862 bits per heavy atom. The van der Waals surface area contributed by atoms with E-state index in [1.165, 1.54) is 64.7 Å². The van der Waals surface area contributed by atoms with Gasteiger partial charge in [-0.25, -0.2) is 0 Å². The lowest BCUT2D eigenvalue weighted by Gasteiger charge is -2.33. The number of hydrogen-bond acceptors (Lipinski definition) is 3. The fourth-order valence-corrected chi connectivity index (χ4v) is 11.3. The lowest BCUT2D eigenvalue weighted by atomic mass is 9.73. The molecule has 272 valence electrons. The Morgan fingerprint density at radius 1 is 0.345 bits per heavy atom. The quantitative estimate of drug-likeness (QED) is 0.167. The lowest BCUT2D eigenvalue weighted by Crippen LogP contribution is -2.25. The maximum atomic E-state index is 2.51. The van der Waals surface area contributed by atoms with Crippen molar-refractivity contribution in [2.45, 2.75) is 5.41 Å². The number of nitrogens with zero attached hydrogens (tertiary/aromatic N) is 2. The van der Waals surface area contributed by atoms with Crippen LogP contribution in [0.25, 0.3) is 43.1 Å². The van der Waals surface area contributed by atoms with Crippen molar-refractivity contribution in [2.24, 2.45) is 0 Å². The normalized spacial score (nSPS) is 14.6. The lowest BCUT2D eigenvalue weighted by molar-refractivity contribution is 0.811. The molecule has 0 saturated heterocycles. The highest BCUT2D eigenvalue weighted by molar-refractivity contribution is 7.20. The molecule has 1 atom stereocenters. The van der Waals surface area contributed by atoms with Gasteiger partial charge in [-0.3, -0.25) is 0 Å². The van der Waals surface area contributed by atoms with Crippen LogP contribution < -0.4 is 9.80 Å². The highest BCUT2D eigenvalue weighted by atomic mass is 32.1. The molecule has 0 amide bonds. The van der Waals surface area contributed by atoms with Crippen LogP contribution in [0.4, 0.5) is 34.1 Å². The number of para-hydroxylation sites is 3. The van der Waals surface area contributed by atoms with Crippen molar-refractivity contribution in [3.63, 3.8) is 0 Å². The molecule has 0 bridgehead atoms. The van der Waals surface area contributed by atoms with Crippen molar-refractivity contribution in [1.82, 2.24) is 0 Å². The molecule has 0 saturated carbocycles. The van der Waals surface area contributed by atoms with Crippen molar-refractivity contribution >= 4 is 66.3 Å². The summed E-state index contributed by atoms with van der Waals surface area (Å²) in [6.45, 7) is 0.